The number of alkyl halides is 2. The standard InChI is InChI=1S/C9H7BrClNO3.C9H8BrClO/c1-5(10)9(13)6-2-3-7(11)8(4-6)12(14)15;1-6(10)9(12)7-2-4-8(11)5-3-7/h2-5H,1H3;2-6H,1H3. The van der Waals surface area contributed by atoms with Crippen molar-refractivity contribution in [3.63, 3.8) is 0 Å². The van der Waals surface area contributed by atoms with E-state index in [-0.39, 0.29) is 37.5 Å². The summed E-state index contributed by atoms with van der Waals surface area (Å²) in [5.41, 5.74) is 0.704. The average Bonchev–Trinajstić information content (AvgIpc) is 2.61. The van der Waals surface area contributed by atoms with Crippen molar-refractivity contribution >= 4 is 72.3 Å². The number of nitro groups is 1. The maximum absolute atomic E-state index is 11.5. The Morgan fingerprint density at radius 3 is 1.81 bits per heavy atom. The minimum atomic E-state index is -0.613. The Kier molecular flexibility index (Phi) is 9.59. The van der Waals surface area contributed by atoms with E-state index in [0.29, 0.717) is 10.6 Å². The van der Waals surface area contributed by atoms with Gasteiger partial charge in [-0.2, -0.15) is 0 Å². The number of halogens is 4. The van der Waals surface area contributed by atoms with Crippen LogP contribution in [0.25, 0.3) is 0 Å². The third kappa shape index (κ3) is 7.33. The second-order valence-electron chi connectivity index (χ2n) is 5.39. The molecule has 9 heteroatoms. The molecule has 0 bridgehead atoms. The van der Waals surface area contributed by atoms with Crippen molar-refractivity contribution in [1.82, 2.24) is 0 Å². The molecule has 0 saturated carbocycles. The van der Waals surface area contributed by atoms with Crippen LogP contribution in [0.2, 0.25) is 10.0 Å². The molecule has 2 atom stereocenters. The van der Waals surface area contributed by atoms with Gasteiger partial charge in [-0.15, -0.1) is 0 Å². The number of nitro benzene ring substituents is 1. The molecule has 144 valence electrons. The van der Waals surface area contributed by atoms with Crippen LogP contribution in [0, 0.1) is 10.1 Å². The number of ketones is 2. The first kappa shape index (κ1) is 23.8. The van der Waals surface area contributed by atoms with E-state index in [1.165, 1.54) is 18.2 Å². The molecule has 27 heavy (non-hydrogen) atoms. The minimum Gasteiger partial charge on any atom is -0.293 e. The smallest absolute Gasteiger partial charge is 0.288 e. The summed E-state index contributed by atoms with van der Waals surface area (Å²) < 4.78 is 0. The fraction of sp³-hybridized carbons (Fsp3) is 0.222. The van der Waals surface area contributed by atoms with Gasteiger partial charge in [-0.3, -0.25) is 19.7 Å². The SMILES string of the molecule is CC(Br)C(=O)c1ccc(Cl)c([N+](=O)[O-])c1.CC(Br)C(=O)c1ccc(Cl)cc1. The summed E-state index contributed by atoms with van der Waals surface area (Å²) in [6.07, 6.45) is 0. The van der Waals surface area contributed by atoms with Gasteiger partial charge < -0.3 is 0 Å². The summed E-state index contributed by atoms with van der Waals surface area (Å²) in [6, 6.07) is 10.9. The molecule has 0 radical (unpaired) electrons. The number of Topliss-reactive ketones (excluding diaryl/α,β-unsaturated/α-hetero) is 2. The zero-order valence-corrected chi connectivity index (χ0v) is 19.0. The number of rotatable bonds is 5. The van der Waals surface area contributed by atoms with Crippen molar-refractivity contribution in [2.75, 3.05) is 0 Å². The average molecular weight is 540 g/mol. The number of carbonyl (C=O) groups excluding carboxylic acids is 2. The van der Waals surface area contributed by atoms with Crippen molar-refractivity contribution in [2.24, 2.45) is 0 Å². The van der Waals surface area contributed by atoms with Gasteiger partial charge in [0.2, 0.25) is 0 Å². The number of nitrogens with zero attached hydrogens (tertiary/aromatic N) is 1. The Morgan fingerprint density at radius 2 is 1.37 bits per heavy atom. The van der Waals surface area contributed by atoms with Crippen molar-refractivity contribution < 1.29 is 14.5 Å². The first-order valence-corrected chi connectivity index (χ1v) is 10.2. The summed E-state index contributed by atoms with van der Waals surface area (Å²) in [5.74, 6) is -0.138. The van der Waals surface area contributed by atoms with Crippen LogP contribution in [0.1, 0.15) is 34.6 Å². The first-order chi connectivity index (χ1) is 12.5. The number of hydrogen-bond donors (Lipinski definition) is 0. The predicted molar refractivity (Wildman–Crippen MR) is 115 cm³/mol. The van der Waals surface area contributed by atoms with Gasteiger partial charge in [0.15, 0.2) is 11.6 Å². The van der Waals surface area contributed by atoms with Crippen LogP contribution < -0.4 is 0 Å². The molecule has 0 aromatic heterocycles. The monoisotopic (exact) mass is 537 g/mol. The van der Waals surface area contributed by atoms with Crippen LogP contribution >= 0.6 is 55.1 Å². The zero-order valence-electron chi connectivity index (χ0n) is 14.3. The van der Waals surface area contributed by atoms with E-state index in [1.807, 2.05) is 0 Å². The van der Waals surface area contributed by atoms with Crippen LogP contribution in [0.4, 0.5) is 5.69 Å². The largest absolute Gasteiger partial charge is 0.293 e. The Hall–Kier alpha value is -1.28. The van der Waals surface area contributed by atoms with Gasteiger partial charge in [-0.25, -0.2) is 0 Å². The van der Waals surface area contributed by atoms with Crippen molar-refractivity contribution in [3.05, 3.63) is 73.8 Å². The molecule has 2 unspecified atom stereocenters. The van der Waals surface area contributed by atoms with Gasteiger partial charge in [-0.1, -0.05) is 55.1 Å². The van der Waals surface area contributed by atoms with Gasteiger partial charge in [0.25, 0.3) is 5.69 Å². The molecule has 0 heterocycles. The fourth-order valence-electron chi connectivity index (χ4n) is 1.88. The highest BCUT2D eigenvalue weighted by Gasteiger charge is 2.18. The van der Waals surface area contributed by atoms with E-state index < -0.39 is 4.92 Å². The Labute approximate surface area is 183 Å². The highest BCUT2D eigenvalue weighted by atomic mass is 79.9. The maximum Gasteiger partial charge on any atom is 0.288 e. The van der Waals surface area contributed by atoms with E-state index in [1.54, 1.807) is 38.1 Å². The van der Waals surface area contributed by atoms with E-state index in [4.69, 9.17) is 23.2 Å². The molecule has 0 amide bonds. The second kappa shape index (κ2) is 10.9. The lowest BCUT2D eigenvalue weighted by molar-refractivity contribution is -0.384. The van der Waals surface area contributed by atoms with Crippen LogP contribution in [0.15, 0.2) is 42.5 Å². The highest BCUT2D eigenvalue weighted by Crippen LogP contribution is 2.26. The third-order valence-electron chi connectivity index (χ3n) is 3.28. The second-order valence-corrected chi connectivity index (χ2v) is 8.98. The minimum absolute atomic E-state index is 0.0266. The number of hydrogen-bond acceptors (Lipinski definition) is 4. The fourth-order valence-corrected chi connectivity index (χ4v) is 2.72. The summed E-state index contributed by atoms with van der Waals surface area (Å²) in [4.78, 5) is 32.3. The van der Waals surface area contributed by atoms with Crippen LogP contribution in [0.5, 0.6) is 0 Å². The van der Waals surface area contributed by atoms with Gasteiger partial charge in [0.1, 0.15) is 5.02 Å². The van der Waals surface area contributed by atoms with E-state index in [9.17, 15) is 19.7 Å². The molecule has 0 fully saturated rings. The molecule has 2 aromatic carbocycles. The molecular formula is C18H15Br2Cl2NO4. The quantitative estimate of drug-likeness (QED) is 0.187. The van der Waals surface area contributed by atoms with E-state index in [2.05, 4.69) is 31.9 Å². The topological polar surface area (TPSA) is 77.3 Å². The lowest BCUT2D eigenvalue weighted by Crippen LogP contribution is -2.10. The Morgan fingerprint density at radius 1 is 0.926 bits per heavy atom. The van der Waals surface area contributed by atoms with Crippen molar-refractivity contribution in [2.45, 2.75) is 23.5 Å². The summed E-state index contributed by atoms with van der Waals surface area (Å²) in [5, 5.41) is 11.2. The maximum atomic E-state index is 11.5. The lowest BCUT2D eigenvalue weighted by Gasteiger charge is -2.03. The summed E-state index contributed by atoms with van der Waals surface area (Å²) in [7, 11) is 0. The van der Waals surface area contributed by atoms with Crippen molar-refractivity contribution in [1.29, 1.82) is 0 Å². The number of benzene rings is 2. The Balaban J connectivity index is 0.000000277. The Bertz CT molecular complexity index is 840. The van der Waals surface area contributed by atoms with Crippen LogP contribution in [0.3, 0.4) is 0 Å². The molecule has 0 saturated heterocycles. The first-order valence-electron chi connectivity index (χ1n) is 7.60. The molecule has 0 spiro atoms. The van der Waals surface area contributed by atoms with Crippen molar-refractivity contribution in [3.8, 4) is 0 Å². The molecule has 0 aliphatic carbocycles. The van der Waals surface area contributed by atoms with E-state index >= 15 is 0 Å². The lowest BCUT2D eigenvalue weighted by atomic mass is 10.1. The molecular weight excluding hydrogens is 525 g/mol. The summed E-state index contributed by atoms with van der Waals surface area (Å²) >= 11 is 17.6. The molecule has 0 aliphatic rings. The normalized spacial score (nSPS) is 12.4. The zero-order chi connectivity index (χ0) is 20.7. The van der Waals surface area contributed by atoms with Gasteiger partial charge in [-0.05, 0) is 50.2 Å². The number of carbonyl (C=O) groups is 2. The third-order valence-corrected chi connectivity index (χ3v) is 4.68. The summed E-state index contributed by atoms with van der Waals surface area (Å²) in [6.45, 7) is 3.46. The van der Waals surface area contributed by atoms with Gasteiger partial charge in [0.05, 0.1) is 14.6 Å². The predicted octanol–water partition coefficient (Wildman–Crippen LogP) is 6.52. The highest BCUT2D eigenvalue weighted by molar-refractivity contribution is 9.10. The van der Waals surface area contributed by atoms with E-state index in [0.717, 1.165) is 0 Å². The molecule has 0 aliphatic heterocycles. The molecule has 2 aromatic rings. The molecule has 0 N–H and O–H groups in total. The molecule has 5 nitrogen and oxygen atoms in total. The van der Waals surface area contributed by atoms with Crippen LogP contribution in [-0.4, -0.2) is 26.1 Å². The van der Waals surface area contributed by atoms with Gasteiger partial charge in [0, 0.05) is 22.2 Å². The van der Waals surface area contributed by atoms with Gasteiger partial charge >= 0.3 is 0 Å². The van der Waals surface area contributed by atoms with Crippen LogP contribution in [-0.2, 0) is 0 Å². The molecule has 2 rings (SSSR count).